The van der Waals surface area contributed by atoms with Crippen molar-refractivity contribution in [3.8, 4) is 5.75 Å². The van der Waals surface area contributed by atoms with Gasteiger partial charge in [-0.3, -0.25) is 15.0 Å². The molecule has 1 aromatic carbocycles. The normalized spacial score (nSPS) is 16.8. The van der Waals surface area contributed by atoms with Crippen molar-refractivity contribution >= 4 is 56.1 Å². The second-order valence-corrected chi connectivity index (χ2v) is 9.72. The predicted octanol–water partition coefficient (Wildman–Crippen LogP) is 3.46. The monoisotopic (exact) mass is 493 g/mol. The minimum absolute atomic E-state index is 0.0139. The number of hydrogen-bond acceptors (Lipinski definition) is 9. The molecule has 3 aromatic rings. The summed E-state index contributed by atoms with van der Waals surface area (Å²) in [5, 5.41) is 20.4. The number of fused-ring (bicyclic) bond motifs is 2. The molecule has 5 rings (SSSR count). The number of nitrogens with one attached hydrogen (secondary N) is 1. The number of aromatic nitrogens is 3. The first-order chi connectivity index (χ1) is 16.4. The van der Waals surface area contributed by atoms with Crippen LogP contribution >= 0.6 is 23.1 Å². The number of aliphatic imine (C=N–C) groups is 1. The highest BCUT2D eigenvalue weighted by molar-refractivity contribution is 8.26. The molecule has 1 amide bonds. The summed E-state index contributed by atoms with van der Waals surface area (Å²) in [6.45, 7) is 4.00. The molecule has 34 heavy (non-hydrogen) atoms. The van der Waals surface area contributed by atoms with Crippen molar-refractivity contribution in [2.75, 3.05) is 0 Å². The molecule has 2 aromatic heterocycles. The number of benzene rings is 1. The van der Waals surface area contributed by atoms with Crippen molar-refractivity contribution in [3.63, 3.8) is 0 Å². The third kappa shape index (κ3) is 4.29. The standard InChI is InChI=1S/C22H19N7O3S2/c1-3-4-17-27-29-19(23)16(20(31)25-22(29)34-17)9-13-5-7-15(8-6-13)32-11-14-10-18(30)28-21(24-14)33-12(2)26-28/h5-10,23H,3-4,11H2,1-2H3/b16-9+,23-19?. The second-order valence-electron chi connectivity index (χ2n) is 7.52. The summed E-state index contributed by atoms with van der Waals surface area (Å²) in [7, 11) is 0. The van der Waals surface area contributed by atoms with E-state index in [1.54, 1.807) is 30.3 Å². The number of amides is 1. The lowest BCUT2D eigenvalue weighted by atomic mass is 10.1. The predicted molar refractivity (Wildman–Crippen MR) is 133 cm³/mol. The fourth-order valence-electron chi connectivity index (χ4n) is 3.36. The van der Waals surface area contributed by atoms with Crippen LogP contribution in [0.5, 0.6) is 5.75 Å². The molecular weight excluding hydrogens is 474 g/mol. The molecule has 0 saturated carbocycles. The fourth-order valence-corrected chi connectivity index (χ4v) is 5.11. The van der Waals surface area contributed by atoms with Crippen molar-refractivity contribution in [3.05, 3.63) is 62.5 Å². The van der Waals surface area contributed by atoms with E-state index in [4.69, 9.17) is 10.1 Å². The van der Waals surface area contributed by atoms with E-state index in [1.165, 1.54) is 38.7 Å². The SMILES string of the molecule is CCCC1=NN2C(=N)/C(=C\c3ccc(OCc4cc(=O)n5nc(C)sc5n4)cc3)C(=O)N=C2S1. The smallest absolute Gasteiger partial charge is 0.283 e. The molecule has 0 fully saturated rings. The maximum Gasteiger partial charge on any atom is 0.283 e. The Labute approximate surface area is 202 Å². The van der Waals surface area contributed by atoms with Gasteiger partial charge in [0.1, 0.15) is 22.4 Å². The Morgan fingerprint density at radius 1 is 1.21 bits per heavy atom. The van der Waals surface area contributed by atoms with Gasteiger partial charge in [0.2, 0.25) is 10.1 Å². The average molecular weight is 494 g/mol. The van der Waals surface area contributed by atoms with E-state index in [0.29, 0.717) is 21.6 Å². The van der Waals surface area contributed by atoms with Crippen molar-refractivity contribution in [2.24, 2.45) is 10.1 Å². The Balaban J connectivity index is 1.29. The molecule has 172 valence electrons. The number of ether oxygens (including phenoxy) is 1. The van der Waals surface area contributed by atoms with Crippen molar-refractivity contribution < 1.29 is 9.53 Å². The van der Waals surface area contributed by atoms with E-state index in [1.807, 2.05) is 6.92 Å². The molecule has 0 spiro atoms. The molecule has 2 aliphatic heterocycles. The lowest BCUT2D eigenvalue weighted by molar-refractivity contribution is -0.114. The van der Waals surface area contributed by atoms with Gasteiger partial charge in [-0.05, 0) is 55.3 Å². The van der Waals surface area contributed by atoms with E-state index in [9.17, 15) is 9.59 Å². The Hall–Kier alpha value is -3.64. The molecule has 4 heterocycles. The van der Waals surface area contributed by atoms with Gasteiger partial charge in [0.25, 0.3) is 11.5 Å². The first kappa shape index (κ1) is 22.2. The van der Waals surface area contributed by atoms with Gasteiger partial charge >= 0.3 is 0 Å². The molecule has 0 saturated heterocycles. The van der Waals surface area contributed by atoms with Crippen LogP contribution in [-0.2, 0) is 11.4 Å². The molecule has 0 atom stereocenters. The topological polar surface area (TPSA) is 125 Å². The first-order valence-corrected chi connectivity index (χ1v) is 12.1. The number of hydrazone groups is 1. The van der Waals surface area contributed by atoms with Crippen molar-refractivity contribution in [1.29, 1.82) is 5.41 Å². The maximum absolute atomic E-state index is 12.5. The van der Waals surface area contributed by atoms with E-state index in [2.05, 4.69) is 27.1 Å². The van der Waals surface area contributed by atoms with Gasteiger partial charge in [0.15, 0.2) is 5.84 Å². The fraction of sp³-hybridized carbons (Fsp3) is 0.227. The summed E-state index contributed by atoms with van der Waals surface area (Å²) in [6.07, 6.45) is 3.33. The number of hydrogen-bond donors (Lipinski definition) is 1. The lowest BCUT2D eigenvalue weighted by Crippen LogP contribution is -2.35. The van der Waals surface area contributed by atoms with Crippen LogP contribution in [0, 0.1) is 12.3 Å². The van der Waals surface area contributed by atoms with Crippen LogP contribution < -0.4 is 10.3 Å². The summed E-state index contributed by atoms with van der Waals surface area (Å²) in [5.74, 6) is 0.141. The van der Waals surface area contributed by atoms with Gasteiger partial charge in [-0.15, -0.1) is 0 Å². The summed E-state index contributed by atoms with van der Waals surface area (Å²) in [6, 6.07) is 8.48. The van der Waals surface area contributed by atoms with Crippen LogP contribution in [0.1, 0.15) is 36.0 Å². The second kappa shape index (κ2) is 8.95. The van der Waals surface area contributed by atoms with E-state index < -0.39 is 5.91 Å². The number of amidine groups is 2. The Kier molecular flexibility index (Phi) is 5.84. The number of nitrogens with zero attached hydrogens (tertiary/aromatic N) is 6. The van der Waals surface area contributed by atoms with Crippen molar-refractivity contribution in [2.45, 2.75) is 33.3 Å². The van der Waals surface area contributed by atoms with E-state index >= 15 is 0 Å². The average Bonchev–Trinajstić information content (AvgIpc) is 3.39. The minimum Gasteiger partial charge on any atom is -0.487 e. The molecule has 0 aliphatic carbocycles. The lowest BCUT2D eigenvalue weighted by Gasteiger charge is -2.20. The van der Waals surface area contributed by atoms with Crippen LogP contribution in [0.3, 0.4) is 0 Å². The van der Waals surface area contributed by atoms with Gasteiger partial charge in [-0.1, -0.05) is 30.4 Å². The molecule has 0 radical (unpaired) electrons. The zero-order valence-corrected chi connectivity index (χ0v) is 19.9. The number of aryl methyl sites for hydroxylation is 1. The highest BCUT2D eigenvalue weighted by atomic mass is 32.2. The Bertz CT molecular complexity index is 1470. The van der Waals surface area contributed by atoms with E-state index in [0.717, 1.165) is 28.5 Å². The maximum atomic E-state index is 12.5. The summed E-state index contributed by atoms with van der Waals surface area (Å²) < 4.78 is 7.05. The first-order valence-electron chi connectivity index (χ1n) is 10.5. The van der Waals surface area contributed by atoms with E-state index in [-0.39, 0.29) is 23.6 Å². The van der Waals surface area contributed by atoms with Crippen LogP contribution in [0.15, 0.2) is 50.8 Å². The Morgan fingerprint density at radius 2 is 2.00 bits per heavy atom. The van der Waals surface area contributed by atoms with Gasteiger partial charge in [0.05, 0.1) is 11.3 Å². The van der Waals surface area contributed by atoms with Crippen LogP contribution in [0.2, 0.25) is 0 Å². The molecule has 0 unspecified atom stereocenters. The summed E-state index contributed by atoms with van der Waals surface area (Å²) >= 11 is 2.68. The molecular formula is C22H19N7O3S2. The number of rotatable bonds is 6. The number of thioether (sulfide) groups is 1. The number of carbonyl (C=O) groups excluding carboxylic acids is 1. The summed E-state index contributed by atoms with van der Waals surface area (Å²) in [4.78, 5) is 33.7. The third-order valence-electron chi connectivity index (χ3n) is 4.94. The van der Waals surface area contributed by atoms with Gasteiger partial charge < -0.3 is 4.74 Å². The highest BCUT2D eigenvalue weighted by Crippen LogP contribution is 2.30. The quantitative estimate of drug-likeness (QED) is 0.521. The van der Waals surface area contributed by atoms with Crippen LogP contribution in [-0.4, -0.2) is 41.6 Å². The summed E-state index contributed by atoms with van der Waals surface area (Å²) in [5.41, 5.74) is 1.17. The van der Waals surface area contributed by atoms with Gasteiger partial charge in [-0.2, -0.15) is 24.7 Å². The zero-order chi connectivity index (χ0) is 23.8. The Morgan fingerprint density at radius 3 is 2.76 bits per heavy atom. The van der Waals surface area contributed by atoms with Crippen molar-refractivity contribution in [1.82, 2.24) is 19.6 Å². The molecule has 2 aliphatic rings. The zero-order valence-electron chi connectivity index (χ0n) is 18.3. The van der Waals surface area contributed by atoms with Gasteiger partial charge in [-0.25, -0.2) is 4.98 Å². The van der Waals surface area contributed by atoms with Gasteiger partial charge in [0, 0.05) is 6.07 Å². The highest BCUT2D eigenvalue weighted by Gasteiger charge is 2.35. The molecule has 1 N–H and O–H groups in total. The number of carbonyl (C=O) groups is 1. The van der Waals surface area contributed by atoms with Crippen LogP contribution in [0.25, 0.3) is 11.0 Å². The molecule has 10 nitrogen and oxygen atoms in total. The van der Waals surface area contributed by atoms with Crippen LogP contribution in [0.4, 0.5) is 0 Å². The molecule has 0 bridgehead atoms. The largest absolute Gasteiger partial charge is 0.487 e. The molecule has 12 heteroatoms. The third-order valence-corrected chi connectivity index (χ3v) is 6.73. The minimum atomic E-state index is -0.455.